The van der Waals surface area contributed by atoms with Gasteiger partial charge in [-0.05, 0) is 24.5 Å². The molecule has 0 fully saturated rings. The van der Waals surface area contributed by atoms with Crippen molar-refractivity contribution in [2.45, 2.75) is 26.4 Å². The van der Waals surface area contributed by atoms with Gasteiger partial charge in [0.2, 0.25) is 0 Å². The van der Waals surface area contributed by atoms with E-state index in [4.69, 9.17) is 5.73 Å². The van der Waals surface area contributed by atoms with E-state index in [1.54, 1.807) is 11.3 Å². The number of benzene rings is 1. The Morgan fingerprint density at radius 2 is 2.05 bits per heavy atom. The fraction of sp³-hybridized carbons (Fsp3) is 0.294. The summed E-state index contributed by atoms with van der Waals surface area (Å²) in [6.45, 7) is 4.93. The number of aromatic nitrogens is 2. The predicted molar refractivity (Wildman–Crippen MR) is 90.8 cm³/mol. The van der Waals surface area contributed by atoms with E-state index in [2.05, 4.69) is 45.2 Å². The summed E-state index contributed by atoms with van der Waals surface area (Å²) in [6, 6.07) is 10.6. The third-order valence-electron chi connectivity index (χ3n) is 4.17. The average Bonchev–Trinajstić information content (AvgIpc) is 2.85. The first-order chi connectivity index (χ1) is 10.7. The third kappa shape index (κ3) is 2.36. The molecule has 5 heteroatoms. The van der Waals surface area contributed by atoms with E-state index in [0.29, 0.717) is 5.82 Å². The largest absolute Gasteiger partial charge is 0.383 e. The molecule has 0 spiro atoms. The van der Waals surface area contributed by atoms with Crippen molar-refractivity contribution >= 4 is 27.4 Å². The smallest absolute Gasteiger partial charge is 0.136 e. The number of hydrogen-bond donors (Lipinski definition) is 1. The monoisotopic (exact) mass is 310 g/mol. The highest BCUT2D eigenvalue weighted by Crippen LogP contribution is 2.36. The minimum Gasteiger partial charge on any atom is -0.383 e. The molecule has 1 aromatic carbocycles. The first-order valence-corrected chi connectivity index (χ1v) is 8.33. The molecule has 4 rings (SSSR count). The number of fused-ring (bicyclic) bond motifs is 3. The van der Waals surface area contributed by atoms with Crippen LogP contribution >= 0.6 is 11.3 Å². The lowest BCUT2D eigenvalue weighted by Gasteiger charge is -2.26. The number of hydrogen-bond acceptors (Lipinski definition) is 5. The van der Waals surface area contributed by atoms with Crippen molar-refractivity contribution in [3.63, 3.8) is 0 Å². The molecular weight excluding hydrogens is 292 g/mol. The summed E-state index contributed by atoms with van der Waals surface area (Å²) < 4.78 is 0. The van der Waals surface area contributed by atoms with Gasteiger partial charge in [-0.2, -0.15) is 0 Å². The van der Waals surface area contributed by atoms with Crippen LogP contribution in [0.5, 0.6) is 0 Å². The SMILES string of the molecule is Cc1nc(N)c2c3c(sc2n1)CN(Cc1ccccc1)CC3. The molecule has 0 bridgehead atoms. The Bertz CT molecular complexity index is 826. The molecule has 0 atom stereocenters. The molecule has 1 aliphatic rings. The van der Waals surface area contributed by atoms with Crippen LogP contribution in [0.4, 0.5) is 5.82 Å². The zero-order valence-electron chi connectivity index (χ0n) is 12.5. The van der Waals surface area contributed by atoms with Gasteiger partial charge in [0.05, 0.1) is 5.39 Å². The van der Waals surface area contributed by atoms with Crippen LogP contribution in [0.1, 0.15) is 21.8 Å². The number of anilines is 1. The summed E-state index contributed by atoms with van der Waals surface area (Å²) in [5, 5.41) is 1.09. The Kier molecular flexibility index (Phi) is 3.32. The molecule has 0 amide bonds. The summed E-state index contributed by atoms with van der Waals surface area (Å²) in [6.07, 6.45) is 1.03. The van der Waals surface area contributed by atoms with Crippen LogP contribution in [-0.2, 0) is 19.5 Å². The van der Waals surface area contributed by atoms with Crippen molar-refractivity contribution in [3.8, 4) is 0 Å². The quantitative estimate of drug-likeness (QED) is 0.790. The second kappa shape index (κ2) is 5.34. The van der Waals surface area contributed by atoms with Crippen molar-refractivity contribution in [2.24, 2.45) is 0 Å². The number of rotatable bonds is 2. The van der Waals surface area contributed by atoms with E-state index < -0.39 is 0 Å². The van der Waals surface area contributed by atoms with Gasteiger partial charge in [0.1, 0.15) is 16.5 Å². The van der Waals surface area contributed by atoms with Crippen LogP contribution in [0.25, 0.3) is 10.2 Å². The van der Waals surface area contributed by atoms with Gasteiger partial charge < -0.3 is 5.73 Å². The van der Waals surface area contributed by atoms with E-state index >= 15 is 0 Å². The Hall–Kier alpha value is -1.98. The van der Waals surface area contributed by atoms with E-state index in [9.17, 15) is 0 Å². The highest BCUT2D eigenvalue weighted by molar-refractivity contribution is 7.19. The summed E-state index contributed by atoms with van der Waals surface area (Å²) in [4.78, 5) is 13.8. The standard InChI is InChI=1S/C17H18N4S/c1-11-19-16(18)15-13-7-8-21(9-12-5-3-2-4-6-12)10-14(13)22-17(15)20-11/h2-6H,7-10H2,1H3,(H2,18,19,20). The maximum absolute atomic E-state index is 6.13. The Labute approximate surface area is 133 Å². The van der Waals surface area contributed by atoms with Crippen LogP contribution in [0.15, 0.2) is 30.3 Å². The number of nitrogens with zero attached hydrogens (tertiary/aromatic N) is 3. The molecule has 0 saturated carbocycles. The van der Waals surface area contributed by atoms with Gasteiger partial charge in [0.25, 0.3) is 0 Å². The number of thiophene rings is 1. The van der Waals surface area contributed by atoms with E-state index in [-0.39, 0.29) is 0 Å². The lowest BCUT2D eigenvalue weighted by Crippen LogP contribution is -2.29. The number of aryl methyl sites for hydroxylation is 1. The summed E-state index contributed by atoms with van der Waals surface area (Å²) >= 11 is 1.77. The molecule has 4 nitrogen and oxygen atoms in total. The normalized spacial score (nSPS) is 15.1. The van der Waals surface area contributed by atoms with Gasteiger partial charge in [0, 0.05) is 24.5 Å². The van der Waals surface area contributed by atoms with Crippen molar-refractivity contribution in [2.75, 3.05) is 12.3 Å². The van der Waals surface area contributed by atoms with Crippen molar-refractivity contribution in [3.05, 3.63) is 52.2 Å². The Balaban J connectivity index is 1.65. The molecule has 0 unspecified atom stereocenters. The zero-order valence-corrected chi connectivity index (χ0v) is 13.4. The van der Waals surface area contributed by atoms with Gasteiger partial charge in [-0.25, -0.2) is 9.97 Å². The van der Waals surface area contributed by atoms with Crippen molar-refractivity contribution in [1.29, 1.82) is 0 Å². The van der Waals surface area contributed by atoms with Gasteiger partial charge in [0.15, 0.2) is 0 Å². The van der Waals surface area contributed by atoms with Crippen LogP contribution in [-0.4, -0.2) is 21.4 Å². The predicted octanol–water partition coefficient (Wildman–Crippen LogP) is 3.14. The van der Waals surface area contributed by atoms with Crippen molar-refractivity contribution < 1.29 is 0 Å². The van der Waals surface area contributed by atoms with Gasteiger partial charge >= 0.3 is 0 Å². The summed E-state index contributed by atoms with van der Waals surface area (Å²) in [7, 11) is 0. The topological polar surface area (TPSA) is 55.0 Å². The van der Waals surface area contributed by atoms with Crippen LogP contribution in [0.2, 0.25) is 0 Å². The molecule has 3 aromatic rings. The second-order valence-electron chi connectivity index (χ2n) is 5.79. The highest BCUT2D eigenvalue weighted by Gasteiger charge is 2.23. The number of nitrogen functional groups attached to an aromatic ring is 1. The molecular formula is C17H18N4S. The first-order valence-electron chi connectivity index (χ1n) is 7.51. The Morgan fingerprint density at radius 3 is 2.86 bits per heavy atom. The fourth-order valence-electron chi connectivity index (χ4n) is 3.16. The lowest BCUT2D eigenvalue weighted by molar-refractivity contribution is 0.249. The molecule has 3 heterocycles. The van der Waals surface area contributed by atoms with E-state index in [1.807, 2.05) is 6.92 Å². The molecule has 1 aliphatic heterocycles. The zero-order chi connectivity index (χ0) is 15.1. The van der Waals surface area contributed by atoms with Crippen molar-refractivity contribution in [1.82, 2.24) is 14.9 Å². The molecule has 2 N–H and O–H groups in total. The molecule has 0 radical (unpaired) electrons. The van der Waals surface area contributed by atoms with Gasteiger partial charge in [-0.15, -0.1) is 11.3 Å². The highest BCUT2D eigenvalue weighted by atomic mass is 32.1. The fourth-order valence-corrected chi connectivity index (χ4v) is 4.48. The van der Waals surface area contributed by atoms with Crippen LogP contribution in [0.3, 0.4) is 0 Å². The molecule has 22 heavy (non-hydrogen) atoms. The lowest BCUT2D eigenvalue weighted by atomic mass is 10.0. The van der Waals surface area contributed by atoms with E-state index in [1.165, 1.54) is 16.0 Å². The first kappa shape index (κ1) is 13.7. The minimum atomic E-state index is 0.636. The van der Waals surface area contributed by atoms with Crippen LogP contribution in [0, 0.1) is 6.92 Å². The molecule has 0 aliphatic carbocycles. The number of nitrogens with two attached hydrogens (primary N) is 1. The Morgan fingerprint density at radius 1 is 1.23 bits per heavy atom. The van der Waals surface area contributed by atoms with Gasteiger partial charge in [-0.1, -0.05) is 30.3 Å². The summed E-state index contributed by atoms with van der Waals surface area (Å²) in [5.41, 5.74) is 8.85. The maximum Gasteiger partial charge on any atom is 0.136 e. The molecule has 0 saturated heterocycles. The average molecular weight is 310 g/mol. The maximum atomic E-state index is 6.13. The second-order valence-corrected chi connectivity index (χ2v) is 6.87. The molecule has 2 aromatic heterocycles. The molecule has 112 valence electrons. The third-order valence-corrected chi connectivity index (χ3v) is 5.28. The minimum absolute atomic E-state index is 0.636. The van der Waals surface area contributed by atoms with E-state index in [0.717, 1.165) is 42.1 Å². The summed E-state index contributed by atoms with van der Waals surface area (Å²) in [5.74, 6) is 1.39. The van der Waals surface area contributed by atoms with Gasteiger partial charge in [-0.3, -0.25) is 4.90 Å². The van der Waals surface area contributed by atoms with Crippen LogP contribution < -0.4 is 5.73 Å².